The zero-order chi connectivity index (χ0) is 17.1. The SMILES string of the molecule is CN(C)c1ccc(Cl)cc1NC(=O)c1ccc(C2SCCS2)cc1. The number of hydrogen-bond donors (Lipinski definition) is 1. The first-order valence-electron chi connectivity index (χ1n) is 7.66. The third-order valence-electron chi connectivity index (χ3n) is 3.76. The van der Waals surface area contributed by atoms with Crippen molar-refractivity contribution in [2.75, 3.05) is 35.8 Å². The molecule has 0 atom stereocenters. The van der Waals surface area contributed by atoms with E-state index in [9.17, 15) is 4.79 Å². The van der Waals surface area contributed by atoms with Gasteiger partial charge < -0.3 is 10.2 Å². The van der Waals surface area contributed by atoms with Crippen LogP contribution in [0.3, 0.4) is 0 Å². The summed E-state index contributed by atoms with van der Waals surface area (Å²) in [5.41, 5.74) is 3.55. The average molecular weight is 379 g/mol. The first-order valence-corrected chi connectivity index (χ1v) is 10.1. The summed E-state index contributed by atoms with van der Waals surface area (Å²) >= 11 is 9.99. The molecule has 0 unspecified atom stereocenters. The van der Waals surface area contributed by atoms with Crippen molar-refractivity contribution in [3.8, 4) is 0 Å². The van der Waals surface area contributed by atoms with Gasteiger partial charge >= 0.3 is 0 Å². The second-order valence-electron chi connectivity index (χ2n) is 5.71. The fourth-order valence-corrected chi connectivity index (χ4v) is 5.57. The van der Waals surface area contributed by atoms with Crippen molar-refractivity contribution in [2.24, 2.45) is 0 Å². The molecule has 0 spiro atoms. The number of halogens is 1. The topological polar surface area (TPSA) is 32.3 Å². The van der Waals surface area contributed by atoms with Gasteiger partial charge in [-0.05, 0) is 35.9 Å². The number of carbonyl (C=O) groups excluding carboxylic acids is 1. The molecule has 1 aliphatic rings. The van der Waals surface area contributed by atoms with Crippen LogP contribution in [0.15, 0.2) is 42.5 Å². The Balaban J connectivity index is 1.76. The van der Waals surface area contributed by atoms with E-state index in [0.29, 0.717) is 20.9 Å². The maximum absolute atomic E-state index is 12.5. The van der Waals surface area contributed by atoms with Gasteiger partial charge in [0.05, 0.1) is 16.0 Å². The van der Waals surface area contributed by atoms with E-state index in [0.717, 1.165) is 5.69 Å². The van der Waals surface area contributed by atoms with Crippen LogP contribution in [0, 0.1) is 0 Å². The van der Waals surface area contributed by atoms with Gasteiger partial charge in [-0.2, -0.15) is 0 Å². The molecule has 1 amide bonds. The minimum atomic E-state index is -0.126. The van der Waals surface area contributed by atoms with E-state index in [-0.39, 0.29) is 5.91 Å². The number of hydrogen-bond acceptors (Lipinski definition) is 4. The summed E-state index contributed by atoms with van der Waals surface area (Å²) in [5, 5.41) is 3.56. The quantitative estimate of drug-likeness (QED) is 0.798. The molecule has 3 rings (SSSR count). The summed E-state index contributed by atoms with van der Waals surface area (Å²) < 4.78 is 0.496. The zero-order valence-corrected chi connectivity index (χ0v) is 16.0. The Morgan fingerprint density at radius 3 is 2.42 bits per heavy atom. The fraction of sp³-hybridized carbons (Fsp3) is 0.278. The zero-order valence-electron chi connectivity index (χ0n) is 13.6. The summed E-state index contributed by atoms with van der Waals surface area (Å²) in [6, 6.07) is 13.4. The predicted molar refractivity (Wildman–Crippen MR) is 108 cm³/mol. The van der Waals surface area contributed by atoms with Gasteiger partial charge in [0.2, 0.25) is 0 Å². The van der Waals surface area contributed by atoms with Gasteiger partial charge in [-0.3, -0.25) is 4.79 Å². The molecule has 1 aliphatic heterocycles. The smallest absolute Gasteiger partial charge is 0.255 e. The second kappa shape index (κ2) is 7.72. The monoisotopic (exact) mass is 378 g/mol. The van der Waals surface area contributed by atoms with E-state index in [1.54, 1.807) is 6.07 Å². The molecule has 1 saturated heterocycles. The molecule has 0 aromatic heterocycles. The van der Waals surface area contributed by atoms with Crippen LogP contribution in [0.25, 0.3) is 0 Å². The van der Waals surface area contributed by atoms with E-state index in [1.165, 1.54) is 17.1 Å². The van der Waals surface area contributed by atoms with Gasteiger partial charge in [0.25, 0.3) is 5.91 Å². The van der Waals surface area contributed by atoms with E-state index in [1.807, 2.05) is 66.8 Å². The van der Waals surface area contributed by atoms with Crippen molar-refractivity contribution in [1.82, 2.24) is 0 Å². The van der Waals surface area contributed by atoms with Crippen LogP contribution in [0.1, 0.15) is 20.5 Å². The molecule has 0 bridgehead atoms. The van der Waals surface area contributed by atoms with Crippen molar-refractivity contribution in [2.45, 2.75) is 4.58 Å². The third-order valence-corrected chi connectivity index (χ3v) is 7.09. The fourth-order valence-electron chi connectivity index (χ4n) is 2.54. The second-order valence-corrected chi connectivity index (χ2v) is 8.87. The number of benzene rings is 2. The van der Waals surface area contributed by atoms with E-state index in [2.05, 4.69) is 17.4 Å². The lowest BCUT2D eigenvalue weighted by Crippen LogP contribution is -2.16. The number of thioether (sulfide) groups is 2. The molecule has 0 saturated carbocycles. The highest BCUT2D eigenvalue weighted by Crippen LogP contribution is 2.45. The van der Waals surface area contributed by atoms with Gasteiger partial charge in [0.1, 0.15) is 0 Å². The van der Waals surface area contributed by atoms with Crippen molar-refractivity contribution in [3.05, 3.63) is 58.6 Å². The minimum absolute atomic E-state index is 0.126. The lowest BCUT2D eigenvalue weighted by Gasteiger charge is -2.18. The first kappa shape index (κ1) is 17.5. The number of rotatable bonds is 4. The number of nitrogens with one attached hydrogen (secondary N) is 1. The molecule has 0 aliphatic carbocycles. The number of amides is 1. The molecule has 24 heavy (non-hydrogen) atoms. The Morgan fingerprint density at radius 1 is 1.12 bits per heavy atom. The standard InChI is InChI=1S/C18H19ClN2OS2/c1-21(2)16-8-7-14(19)11-15(16)20-17(22)12-3-5-13(6-4-12)18-23-9-10-24-18/h3-8,11,18H,9-10H2,1-2H3,(H,20,22). The highest BCUT2D eigenvalue weighted by Gasteiger charge is 2.18. The molecular formula is C18H19ClN2OS2. The lowest BCUT2D eigenvalue weighted by molar-refractivity contribution is 0.102. The molecule has 1 N–H and O–H groups in total. The molecule has 2 aromatic rings. The Morgan fingerprint density at radius 2 is 1.79 bits per heavy atom. The number of anilines is 2. The Kier molecular flexibility index (Phi) is 5.64. The van der Waals surface area contributed by atoms with Crippen LogP contribution >= 0.6 is 35.1 Å². The predicted octanol–water partition coefficient (Wildman–Crippen LogP) is 5.14. The molecule has 1 heterocycles. The molecule has 2 aromatic carbocycles. The molecular weight excluding hydrogens is 360 g/mol. The molecule has 6 heteroatoms. The van der Waals surface area contributed by atoms with Crippen molar-refractivity contribution in [3.63, 3.8) is 0 Å². The van der Waals surface area contributed by atoms with Gasteiger partial charge in [0, 0.05) is 36.2 Å². The highest BCUT2D eigenvalue weighted by atomic mass is 35.5. The maximum Gasteiger partial charge on any atom is 0.255 e. The van der Waals surface area contributed by atoms with Crippen molar-refractivity contribution < 1.29 is 4.79 Å². The van der Waals surface area contributed by atoms with E-state index in [4.69, 9.17) is 11.6 Å². The van der Waals surface area contributed by atoms with Crippen LogP contribution in [0.5, 0.6) is 0 Å². The summed E-state index contributed by atoms with van der Waals surface area (Å²) in [4.78, 5) is 14.5. The van der Waals surface area contributed by atoms with Crippen LogP contribution < -0.4 is 10.2 Å². The molecule has 0 radical (unpaired) electrons. The van der Waals surface area contributed by atoms with Gasteiger partial charge in [0.15, 0.2) is 0 Å². The molecule has 3 nitrogen and oxygen atoms in total. The Hall–Kier alpha value is -1.30. The molecule has 1 fully saturated rings. The first-order chi connectivity index (χ1) is 11.5. The van der Waals surface area contributed by atoms with Crippen molar-refractivity contribution in [1.29, 1.82) is 0 Å². The third kappa shape index (κ3) is 4.02. The average Bonchev–Trinajstić information content (AvgIpc) is 3.09. The lowest BCUT2D eigenvalue weighted by atomic mass is 10.1. The Bertz CT molecular complexity index is 728. The molecule has 126 valence electrons. The maximum atomic E-state index is 12.5. The van der Waals surface area contributed by atoms with Crippen LogP contribution in [0.2, 0.25) is 5.02 Å². The minimum Gasteiger partial charge on any atom is -0.376 e. The Labute approximate surface area is 156 Å². The van der Waals surface area contributed by atoms with Gasteiger partial charge in [-0.1, -0.05) is 23.7 Å². The number of nitrogens with zero attached hydrogens (tertiary/aromatic N) is 1. The highest BCUT2D eigenvalue weighted by molar-refractivity contribution is 8.19. The van der Waals surface area contributed by atoms with E-state index >= 15 is 0 Å². The normalized spacial score (nSPS) is 14.6. The summed E-state index contributed by atoms with van der Waals surface area (Å²) in [5.74, 6) is 2.26. The number of carbonyl (C=O) groups is 1. The van der Waals surface area contributed by atoms with Gasteiger partial charge in [-0.15, -0.1) is 23.5 Å². The largest absolute Gasteiger partial charge is 0.376 e. The van der Waals surface area contributed by atoms with E-state index < -0.39 is 0 Å². The summed E-state index contributed by atoms with van der Waals surface area (Å²) in [6.45, 7) is 0. The van der Waals surface area contributed by atoms with Crippen molar-refractivity contribution >= 4 is 52.4 Å². The van der Waals surface area contributed by atoms with Crippen LogP contribution in [-0.2, 0) is 0 Å². The van der Waals surface area contributed by atoms with Crippen LogP contribution in [-0.4, -0.2) is 31.5 Å². The summed E-state index contributed by atoms with van der Waals surface area (Å²) in [7, 11) is 3.87. The van der Waals surface area contributed by atoms with Crippen LogP contribution in [0.4, 0.5) is 11.4 Å². The summed E-state index contributed by atoms with van der Waals surface area (Å²) in [6.07, 6.45) is 0. The van der Waals surface area contributed by atoms with Gasteiger partial charge in [-0.25, -0.2) is 0 Å².